The highest BCUT2D eigenvalue weighted by molar-refractivity contribution is 14.0. The standard InChI is InChI=1S/C18H28F3N3O2.HI/c1-3-22-17(23-10-5-6-11-25-4-2)24-13-15-8-7-9-16(12-15)26-14-18(19,20)21;/h7-9,12H,3-6,10-11,13-14H2,1-2H3,(H2,22,23,24);1H. The van der Waals surface area contributed by atoms with Crippen LogP contribution in [0.5, 0.6) is 5.75 Å². The maximum atomic E-state index is 12.2. The van der Waals surface area contributed by atoms with E-state index in [0.717, 1.165) is 44.7 Å². The van der Waals surface area contributed by atoms with Crippen molar-refractivity contribution in [2.45, 2.75) is 39.4 Å². The van der Waals surface area contributed by atoms with E-state index in [1.807, 2.05) is 13.8 Å². The Labute approximate surface area is 176 Å². The van der Waals surface area contributed by atoms with Gasteiger partial charge >= 0.3 is 6.18 Å². The fourth-order valence-electron chi connectivity index (χ4n) is 2.09. The van der Waals surface area contributed by atoms with Gasteiger partial charge in [0.2, 0.25) is 0 Å². The number of alkyl halides is 3. The normalized spacial score (nSPS) is 11.7. The first-order chi connectivity index (χ1) is 12.4. The van der Waals surface area contributed by atoms with Crippen LogP contribution in [0.4, 0.5) is 13.2 Å². The highest BCUT2D eigenvalue weighted by atomic mass is 127. The Hall–Kier alpha value is -1.23. The number of ether oxygens (including phenoxy) is 2. The van der Waals surface area contributed by atoms with Crippen molar-refractivity contribution < 1.29 is 22.6 Å². The molecule has 27 heavy (non-hydrogen) atoms. The van der Waals surface area contributed by atoms with Crippen LogP contribution < -0.4 is 15.4 Å². The molecule has 0 radical (unpaired) electrons. The number of hydrogen-bond acceptors (Lipinski definition) is 3. The van der Waals surface area contributed by atoms with Crippen molar-refractivity contribution in [1.29, 1.82) is 0 Å². The molecule has 5 nitrogen and oxygen atoms in total. The molecule has 0 aromatic heterocycles. The second kappa shape index (κ2) is 14.8. The molecule has 1 rings (SSSR count). The lowest BCUT2D eigenvalue weighted by atomic mass is 10.2. The van der Waals surface area contributed by atoms with Gasteiger partial charge in [0, 0.05) is 26.3 Å². The summed E-state index contributed by atoms with van der Waals surface area (Å²) in [6.07, 6.45) is -2.41. The molecule has 0 heterocycles. The number of unbranched alkanes of at least 4 members (excludes halogenated alkanes) is 1. The van der Waals surface area contributed by atoms with Gasteiger partial charge in [-0.2, -0.15) is 13.2 Å². The Morgan fingerprint density at radius 2 is 1.93 bits per heavy atom. The van der Waals surface area contributed by atoms with Crippen LogP contribution in [0.15, 0.2) is 29.3 Å². The second-order valence-corrected chi connectivity index (χ2v) is 5.58. The number of nitrogens with zero attached hydrogens (tertiary/aromatic N) is 1. The molecule has 1 aromatic carbocycles. The Balaban J connectivity index is 0.00000676. The highest BCUT2D eigenvalue weighted by Gasteiger charge is 2.28. The Morgan fingerprint density at radius 3 is 2.59 bits per heavy atom. The van der Waals surface area contributed by atoms with Crippen molar-refractivity contribution in [2.75, 3.05) is 32.9 Å². The molecule has 0 amide bonds. The van der Waals surface area contributed by atoms with Crippen LogP contribution in [0.1, 0.15) is 32.3 Å². The number of halogens is 4. The molecule has 0 spiro atoms. The van der Waals surface area contributed by atoms with Crippen LogP contribution in [-0.2, 0) is 11.3 Å². The quantitative estimate of drug-likeness (QED) is 0.207. The van der Waals surface area contributed by atoms with Gasteiger partial charge in [0.25, 0.3) is 0 Å². The van der Waals surface area contributed by atoms with Crippen LogP contribution in [-0.4, -0.2) is 45.0 Å². The molecule has 0 atom stereocenters. The van der Waals surface area contributed by atoms with E-state index in [1.54, 1.807) is 18.2 Å². The molecule has 0 aliphatic rings. The molecule has 0 unspecified atom stereocenters. The highest BCUT2D eigenvalue weighted by Crippen LogP contribution is 2.19. The molecular formula is C18H29F3IN3O2. The largest absolute Gasteiger partial charge is 0.484 e. The second-order valence-electron chi connectivity index (χ2n) is 5.58. The number of guanidine groups is 1. The lowest BCUT2D eigenvalue weighted by Crippen LogP contribution is -2.37. The maximum Gasteiger partial charge on any atom is 0.422 e. The first-order valence-electron chi connectivity index (χ1n) is 8.83. The minimum Gasteiger partial charge on any atom is -0.484 e. The van der Waals surface area contributed by atoms with E-state index >= 15 is 0 Å². The number of rotatable bonds is 11. The van der Waals surface area contributed by atoms with Gasteiger partial charge in [-0.15, -0.1) is 24.0 Å². The van der Waals surface area contributed by atoms with E-state index in [0.29, 0.717) is 12.5 Å². The van der Waals surface area contributed by atoms with E-state index in [1.165, 1.54) is 6.07 Å². The van der Waals surface area contributed by atoms with Crippen LogP contribution in [0.3, 0.4) is 0 Å². The van der Waals surface area contributed by atoms with Crippen LogP contribution in [0, 0.1) is 0 Å². The van der Waals surface area contributed by atoms with Crippen molar-refractivity contribution in [3.8, 4) is 5.75 Å². The molecular weight excluding hydrogens is 474 g/mol. The lowest BCUT2D eigenvalue weighted by molar-refractivity contribution is -0.153. The van der Waals surface area contributed by atoms with Crippen LogP contribution in [0.25, 0.3) is 0 Å². The molecule has 2 N–H and O–H groups in total. The maximum absolute atomic E-state index is 12.2. The molecule has 0 fully saturated rings. The predicted molar refractivity (Wildman–Crippen MR) is 112 cm³/mol. The van der Waals surface area contributed by atoms with Gasteiger partial charge in [0.1, 0.15) is 5.75 Å². The molecule has 9 heteroatoms. The summed E-state index contributed by atoms with van der Waals surface area (Å²) in [6, 6.07) is 6.53. The fraction of sp³-hybridized carbons (Fsp3) is 0.611. The summed E-state index contributed by atoms with van der Waals surface area (Å²) >= 11 is 0. The topological polar surface area (TPSA) is 54.9 Å². The number of benzene rings is 1. The zero-order valence-electron chi connectivity index (χ0n) is 15.8. The van der Waals surface area contributed by atoms with E-state index in [-0.39, 0.29) is 29.7 Å². The third-order valence-corrected chi connectivity index (χ3v) is 3.28. The summed E-state index contributed by atoms with van der Waals surface area (Å²) in [5, 5.41) is 6.37. The average Bonchev–Trinajstić information content (AvgIpc) is 2.60. The van der Waals surface area contributed by atoms with Gasteiger partial charge < -0.3 is 20.1 Å². The van der Waals surface area contributed by atoms with Crippen molar-refractivity contribution in [3.05, 3.63) is 29.8 Å². The number of hydrogen-bond donors (Lipinski definition) is 2. The first-order valence-corrected chi connectivity index (χ1v) is 8.83. The summed E-state index contributed by atoms with van der Waals surface area (Å²) in [6.45, 7) is 5.95. The van der Waals surface area contributed by atoms with Crippen molar-refractivity contribution in [2.24, 2.45) is 4.99 Å². The summed E-state index contributed by atoms with van der Waals surface area (Å²) in [7, 11) is 0. The number of nitrogens with one attached hydrogen (secondary N) is 2. The molecule has 156 valence electrons. The third kappa shape index (κ3) is 13.6. The summed E-state index contributed by atoms with van der Waals surface area (Å²) in [5.41, 5.74) is 0.776. The molecule has 0 saturated carbocycles. The predicted octanol–water partition coefficient (Wildman–Crippen LogP) is 4.12. The van der Waals surface area contributed by atoms with E-state index in [9.17, 15) is 13.2 Å². The van der Waals surface area contributed by atoms with Crippen LogP contribution in [0.2, 0.25) is 0 Å². The van der Waals surface area contributed by atoms with Crippen molar-refractivity contribution >= 4 is 29.9 Å². The third-order valence-electron chi connectivity index (χ3n) is 3.28. The zero-order chi connectivity index (χ0) is 19.3. The molecule has 0 aliphatic heterocycles. The van der Waals surface area contributed by atoms with E-state index < -0.39 is 12.8 Å². The fourth-order valence-corrected chi connectivity index (χ4v) is 2.09. The average molecular weight is 503 g/mol. The Kier molecular flexibility index (Phi) is 14.1. The number of aliphatic imine (C=N–C) groups is 1. The first kappa shape index (κ1) is 25.8. The SMILES string of the molecule is CCNC(=NCc1cccc(OCC(F)(F)F)c1)NCCCCOCC.I. The minimum atomic E-state index is -4.35. The molecule has 1 aromatic rings. The van der Waals surface area contributed by atoms with Gasteiger partial charge in [-0.25, -0.2) is 4.99 Å². The summed E-state index contributed by atoms with van der Waals surface area (Å²) in [5.74, 6) is 0.856. The summed E-state index contributed by atoms with van der Waals surface area (Å²) < 4.78 is 46.7. The van der Waals surface area contributed by atoms with Gasteiger partial charge in [-0.3, -0.25) is 0 Å². The Bertz CT molecular complexity index is 543. The van der Waals surface area contributed by atoms with Crippen LogP contribution >= 0.6 is 24.0 Å². The molecule has 0 saturated heterocycles. The van der Waals surface area contributed by atoms with Gasteiger partial charge in [0.15, 0.2) is 12.6 Å². The smallest absolute Gasteiger partial charge is 0.422 e. The van der Waals surface area contributed by atoms with Gasteiger partial charge in [0.05, 0.1) is 6.54 Å². The zero-order valence-corrected chi connectivity index (χ0v) is 18.1. The van der Waals surface area contributed by atoms with Crippen molar-refractivity contribution in [1.82, 2.24) is 10.6 Å². The summed E-state index contributed by atoms with van der Waals surface area (Å²) in [4.78, 5) is 4.45. The van der Waals surface area contributed by atoms with Gasteiger partial charge in [-0.05, 0) is 44.4 Å². The van der Waals surface area contributed by atoms with E-state index in [2.05, 4.69) is 15.6 Å². The minimum absolute atomic E-state index is 0. The van der Waals surface area contributed by atoms with E-state index in [4.69, 9.17) is 9.47 Å². The lowest BCUT2D eigenvalue weighted by Gasteiger charge is -2.12. The molecule has 0 bridgehead atoms. The Morgan fingerprint density at radius 1 is 1.15 bits per heavy atom. The monoisotopic (exact) mass is 503 g/mol. The van der Waals surface area contributed by atoms with Crippen molar-refractivity contribution in [3.63, 3.8) is 0 Å². The van der Waals surface area contributed by atoms with Gasteiger partial charge in [-0.1, -0.05) is 12.1 Å². The molecule has 0 aliphatic carbocycles.